The first kappa shape index (κ1) is 20.0. The van der Waals surface area contributed by atoms with Crippen molar-refractivity contribution in [2.75, 3.05) is 23.7 Å². The van der Waals surface area contributed by atoms with E-state index in [2.05, 4.69) is 25.6 Å². The van der Waals surface area contributed by atoms with Crippen LogP contribution in [0.25, 0.3) is 10.9 Å². The van der Waals surface area contributed by atoms with E-state index in [1.165, 1.54) is 6.20 Å². The molecule has 1 aliphatic rings. The number of aromatic nitrogens is 3. The van der Waals surface area contributed by atoms with E-state index in [-0.39, 0.29) is 11.5 Å². The van der Waals surface area contributed by atoms with Gasteiger partial charge < -0.3 is 16.4 Å². The third-order valence-electron chi connectivity index (χ3n) is 5.68. The quantitative estimate of drug-likeness (QED) is 0.397. The Hall–Kier alpha value is -3.33. The lowest BCUT2D eigenvalue weighted by Gasteiger charge is -2.27. The van der Waals surface area contributed by atoms with Gasteiger partial charge in [0.25, 0.3) is 0 Å². The zero-order valence-electron chi connectivity index (χ0n) is 16.6. The maximum Gasteiger partial charge on any atom is 0.329 e. The number of benzene rings is 1. The molecule has 1 aromatic carbocycles. The van der Waals surface area contributed by atoms with Crippen LogP contribution < -0.4 is 16.4 Å². The highest BCUT2D eigenvalue weighted by molar-refractivity contribution is 5.82. The smallest absolute Gasteiger partial charge is 0.329 e. The van der Waals surface area contributed by atoms with Gasteiger partial charge in [-0.3, -0.25) is 15.1 Å². The summed E-state index contributed by atoms with van der Waals surface area (Å²) in [5, 5.41) is 18.7. The fourth-order valence-corrected chi connectivity index (χ4v) is 3.89. The lowest BCUT2D eigenvalue weighted by atomic mass is 9.82. The number of rotatable bonds is 7. The number of anilines is 3. The second-order valence-corrected chi connectivity index (χ2v) is 7.72. The first-order chi connectivity index (χ1) is 14.6. The summed E-state index contributed by atoms with van der Waals surface area (Å²) in [5.74, 6) is 1.61. The predicted octanol–water partition coefficient (Wildman–Crippen LogP) is 3.85. The minimum absolute atomic E-state index is 0.126. The molecule has 1 fully saturated rings. The van der Waals surface area contributed by atoms with Crippen molar-refractivity contribution in [2.24, 2.45) is 17.6 Å². The molecule has 3 aromatic rings. The van der Waals surface area contributed by atoms with Crippen LogP contribution in [0.3, 0.4) is 0 Å². The van der Waals surface area contributed by atoms with Crippen molar-refractivity contribution < 1.29 is 4.92 Å². The van der Waals surface area contributed by atoms with Crippen molar-refractivity contribution in [1.29, 1.82) is 0 Å². The van der Waals surface area contributed by atoms with Gasteiger partial charge in [0.05, 0.1) is 10.4 Å². The second kappa shape index (κ2) is 9.00. The maximum atomic E-state index is 11.4. The number of hydrogen-bond acceptors (Lipinski definition) is 8. The van der Waals surface area contributed by atoms with E-state index in [1.807, 2.05) is 30.3 Å². The third kappa shape index (κ3) is 4.62. The minimum atomic E-state index is -0.459. The summed E-state index contributed by atoms with van der Waals surface area (Å²) in [5.41, 5.74) is 7.31. The van der Waals surface area contributed by atoms with Crippen molar-refractivity contribution in [3.63, 3.8) is 0 Å². The molecule has 4 N–H and O–H groups in total. The Bertz CT molecular complexity index is 1030. The molecule has 1 saturated carbocycles. The van der Waals surface area contributed by atoms with Gasteiger partial charge in [0.2, 0.25) is 11.8 Å². The molecule has 30 heavy (non-hydrogen) atoms. The van der Waals surface area contributed by atoms with Gasteiger partial charge in [0.15, 0.2) is 0 Å². The lowest BCUT2D eigenvalue weighted by Crippen LogP contribution is -2.25. The Morgan fingerprint density at radius 1 is 1.13 bits per heavy atom. The van der Waals surface area contributed by atoms with Crippen LogP contribution in [0.2, 0.25) is 0 Å². The predicted molar refractivity (Wildman–Crippen MR) is 117 cm³/mol. The first-order valence-corrected chi connectivity index (χ1v) is 10.2. The Labute approximate surface area is 174 Å². The van der Waals surface area contributed by atoms with Crippen LogP contribution in [0, 0.1) is 22.0 Å². The molecule has 2 heterocycles. The fraction of sp³-hybridized carbons (Fsp3) is 0.381. The van der Waals surface area contributed by atoms with Crippen molar-refractivity contribution in [1.82, 2.24) is 15.0 Å². The van der Waals surface area contributed by atoms with E-state index in [4.69, 9.17) is 5.73 Å². The number of fused-ring (bicyclic) bond motifs is 1. The molecule has 0 atom stereocenters. The van der Waals surface area contributed by atoms with Gasteiger partial charge in [-0.05, 0) is 68.3 Å². The molecule has 1 aliphatic carbocycles. The second-order valence-electron chi connectivity index (χ2n) is 7.72. The topological polar surface area (TPSA) is 132 Å². The molecule has 0 saturated heterocycles. The maximum absolute atomic E-state index is 11.4. The number of pyridine rings is 1. The van der Waals surface area contributed by atoms with Crippen molar-refractivity contribution in [2.45, 2.75) is 25.7 Å². The number of nitrogens with two attached hydrogens (primary N) is 1. The van der Waals surface area contributed by atoms with E-state index in [9.17, 15) is 10.1 Å². The van der Waals surface area contributed by atoms with Crippen LogP contribution in [0.15, 0.2) is 42.7 Å². The van der Waals surface area contributed by atoms with Gasteiger partial charge in [-0.25, -0.2) is 4.98 Å². The van der Waals surface area contributed by atoms with Crippen molar-refractivity contribution in [3.05, 3.63) is 52.8 Å². The van der Waals surface area contributed by atoms with Crippen LogP contribution >= 0.6 is 0 Å². The first-order valence-electron chi connectivity index (χ1n) is 10.2. The zero-order chi connectivity index (χ0) is 20.9. The van der Waals surface area contributed by atoms with Gasteiger partial charge in [-0.15, -0.1) is 0 Å². The summed E-state index contributed by atoms with van der Waals surface area (Å²) < 4.78 is 0. The molecule has 0 radical (unpaired) electrons. The van der Waals surface area contributed by atoms with E-state index >= 15 is 0 Å². The molecule has 9 heteroatoms. The van der Waals surface area contributed by atoms with Crippen LogP contribution in [0.4, 0.5) is 23.1 Å². The largest absolute Gasteiger partial charge is 0.364 e. The van der Waals surface area contributed by atoms with Crippen LogP contribution in [0.1, 0.15) is 25.7 Å². The van der Waals surface area contributed by atoms with E-state index in [0.29, 0.717) is 24.3 Å². The fourth-order valence-electron chi connectivity index (χ4n) is 3.89. The van der Waals surface area contributed by atoms with Crippen molar-refractivity contribution >= 4 is 34.0 Å². The number of nitro groups is 1. The van der Waals surface area contributed by atoms with Gasteiger partial charge in [0.1, 0.15) is 6.20 Å². The summed E-state index contributed by atoms with van der Waals surface area (Å²) in [6.45, 7) is 1.38. The van der Waals surface area contributed by atoms with Crippen LogP contribution in [-0.2, 0) is 0 Å². The highest BCUT2D eigenvalue weighted by atomic mass is 16.6. The standard InChI is InChI=1S/C21H25N7O2/c22-11-14-3-5-15(6-4-14)12-24-20-19(28(29)30)13-25-21(27-20)26-17-7-8-18-16(10-17)2-1-9-23-18/h1-2,7-10,13-15H,3-6,11-12,22H2,(H2,24,25,26,27). The summed E-state index contributed by atoms with van der Waals surface area (Å²) >= 11 is 0. The molecule has 0 bridgehead atoms. The molecule has 0 amide bonds. The summed E-state index contributed by atoms with van der Waals surface area (Å²) in [6.07, 6.45) is 7.35. The molecular formula is C21H25N7O2. The van der Waals surface area contributed by atoms with E-state index in [0.717, 1.165) is 48.8 Å². The van der Waals surface area contributed by atoms with E-state index < -0.39 is 4.92 Å². The molecule has 9 nitrogen and oxygen atoms in total. The number of nitrogens with zero attached hydrogens (tertiary/aromatic N) is 4. The van der Waals surface area contributed by atoms with E-state index in [1.54, 1.807) is 6.20 Å². The van der Waals surface area contributed by atoms with Crippen LogP contribution in [0.5, 0.6) is 0 Å². The van der Waals surface area contributed by atoms with Gasteiger partial charge in [-0.1, -0.05) is 6.07 Å². The molecule has 0 spiro atoms. The van der Waals surface area contributed by atoms with Crippen molar-refractivity contribution in [3.8, 4) is 0 Å². The molecule has 2 aromatic heterocycles. The SMILES string of the molecule is NCC1CCC(CNc2nc(Nc3ccc4ncccc4c3)ncc2[N+](=O)[O-])CC1. The molecular weight excluding hydrogens is 382 g/mol. The average molecular weight is 407 g/mol. The normalized spacial score (nSPS) is 18.8. The Balaban J connectivity index is 1.48. The lowest BCUT2D eigenvalue weighted by molar-refractivity contribution is -0.384. The average Bonchev–Trinajstić information content (AvgIpc) is 2.78. The summed E-state index contributed by atoms with van der Waals surface area (Å²) in [6, 6.07) is 9.56. The summed E-state index contributed by atoms with van der Waals surface area (Å²) in [4.78, 5) is 23.8. The number of hydrogen-bond donors (Lipinski definition) is 3. The number of nitrogens with one attached hydrogen (secondary N) is 2. The molecule has 156 valence electrons. The molecule has 0 aliphatic heterocycles. The van der Waals surface area contributed by atoms with Gasteiger partial charge >= 0.3 is 5.69 Å². The summed E-state index contributed by atoms with van der Waals surface area (Å²) in [7, 11) is 0. The van der Waals surface area contributed by atoms with Crippen LogP contribution in [-0.4, -0.2) is 33.0 Å². The zero-order valence-corrected chi connectivity index (χ0v) is 16.6. The third-order valence-corrected chi connectivity index (χ3v) is 5.68. The monoisotopic (exact) mass is 407 g/mol. The Morgan fingerprint density at radius 2 is 1.93 bits per heavy atom. The van der Waals surface area contributed by atoms with Gasteiger partial charge in [-0.2, -0.15) is 4.98 Å². The molecule has 0 unspecified atom stereocenters. The Kier molecular flexibility index (Phi) is 5.99. The van der Waals surface area contributed by atoms with Gasteiger partial charge in [0, 0.05) is 23.8 Å². The minimum Gasteiger partial charge on any atom is -0.364 e. The molecule has 4 rings (SSSR count). The highest BCUT2D eigenvalue weighted by Gasteiger charge is 2.22. The highest BCUT2D eigenvalue weighted by Crippen LogP contribution is 2.30. The Morgan fingerprint density at radius 3 is 2.70 bits per heavy atom.